The molecule has 2 rings (SSSR count). The maximum Gasteiger partial charge on any atom is 0.411 e. The first-order valence-electron chi connectivity index (χ1n) is 7.21. The van der Waals surface area contributed by atoms with E-state index < -0.39 is 17.7 Å². The van der Waals surface area contributed by atoms with E-state index in [1.54, 1.807) is 20.8 Å². The maximum absolute atomic E-state index is 12.7. The summed E-state index contributed by atoms with van der Waals surface area (Å²) in [5.41, 5.74) is 5.27. The van der Waals surface area contributed by atoms with Crippen molar-refractivity contribution >= 4 is 29.3 Å². The fourth-order valence-electron chi connectivity index (χ4n) is 2.19. The Labute approximate surface area is 139 Å². The fourth-order valence-corrected chi connectivity index (χ4v) is 2.34. The van der Waals surface area contributed by atoms with Crippen molar-refractivity contribution in [2.75, 3.05) is 25.5 Å². The lowest BCUT2D eigenvalue weighted by molar-refractivity contribution is -0.0265. The molecule has 0 aliphatic carbocycles. The number of carbonyl (C=O) groups excluding carboxylic acids is 2. The second-order valence-corrected chi connectivity index (χ2v) is 6.65. The van der Waals surface area contributed by atoms with Gasteiger partial charge >= 0.3 is 6.09 Å². The average Bonchev–Trinajstić information content (AvgIpc) is 2.47. The van der Waals surface area contributed by atoms with Gasteiger partial charge in [-0.15, -0.1) is 0 Å². The Bertz CT molecular complexity index is 615. The van der Waals surface area contributed by atoms with Crippen molar-refractivity contribution in [3.8, 4) is 0 Å². The lowest BCUT2D eigenvalue weighted by Crippen LogP contribution is -2.53. The Morgan fingerprint density at radius 3 is 2.83 bits per heavy atom. The summed E-state index contributed by atoms with van der Waals surface area (Å²) in [7, 11) is 0. The summed E-state index contributed by atoms with van der Waals surface area (Å²) in [6, 6.07) is 0.620. The van der Waals surface area contributed by atoms with E-state index in [1.165, 1.54) is 17.2 Å². The first-order valence-corrected chi connectivity index (χ1v) is 7.59. The van der Waals surface area contributed by atoms with Gasteiger partial charge < -0.3 is 15.2 Å². The third kappa shape index (κ3) is 4.33. The molecule has 126 valence electrons. The summed E-state index contributed by atoms with van der Waals surface area (Å²) in [5.74, 6) is -0.308. The van der Waals surface area contributed by atoms with Crippen LogP contribution in [0.3, 0.4) is 0 Å². The van der Waals surface area contributed by atoms with E-state index >= 15 is 0 Å². The molecule has 1 amide bonds. The topological polar surface area (TPSA) is 94.7 Å². The molecular formula is C15H20ClN3O4. The molecule has 2 heterocycles. The first-order chi connectivity index (χ1) is 10.7. The lowest BCUT2D eigenvalue weighted by atomic mass is 10.0. The summed E-state index contributed by atoms with van der Waals surface area (Å²) >= 11 is 5.88. The molecule has 0 aromatic carbocycles. The van der Waals surface area contributed by atoms with E-state index in [0.717, 1.165) is 0 Å². The number of hydrogen-bond donors (Lipinski definition) is 1. The number of nitrogens with two attached hydrogens (primary N) is 1. The molecule has 0 bridgehead atoms. The molecule has 0 saturated carbocycles. The summed E-state index contributed by atoms with van der Waals surface area (Å²) in [6.45, 7) is 5.97. The lowest BCUT2D eigenvalue weighted by Gasteiger charge is -2.35. The van der Waals surface area contributed by atoms with Crippen molar-refractivity contribution in [2.45, 2.75) is 32.4 Å². The standard InChI is InChI=1S/C15H20ClN3O4/c1-15(2,3)23-14(21)19-4-5-22-8-11(19)12(20)10-6-9(16)7-18-13(10)17/h6-7,11H,4-5,8H2,1-3H3,(H2,17,18). The van der Waals surface area contributed by atoms with Crippen molar-refractivity contribution in [3.63, 3.8) is 0 Å². The number of ketones is 1. The van der Waals surface area contributed by atoms with Gasteiger partial charge in [0.1, 0.15) is 17.5 Å². The smallest absolute Gasteiger partial charge is 0.411 e. The Kier molecular flexibility index (Phi) is 5.11. The van der Waals surface area contributed by atoms with Gasteiger partial charge in [0.2, 0.25) is 0 Å². The largest absolute Gasteiger partial charge is 0.444 e. The van der Waals surface area contributed by atoms with E-state index in [4.69, 9.17) is 26.8 Å². The zero-order valence-corrected chi connectivity index (χ0v) is 14.1. The van der Waals surface area contributed by atoms with E-state index in [0.29, 0.717) is 11.6 Å². The number of halogens is 1. The SMILES string of the molecule is CC(C)(C)OC(=O)N1CCOCC1C(=O)c1cc(Cl)cnc1N. The van der Waals surface area contributed by atoms with E-state index in [-0.39, 0.29) is 30.3 Å². The third-order valence-corrected chi connectivity index (χ3v) is 3.42. The zero-order chi connectivity index (χ0) is 17.2. The van der Waals surface area contributed by atoms with Crippen LogP contribution < -0.4 is 5.73 Å². The van der Waals surface area contributed by atoms with Crippen LogP contribution in [0.2, 0.25) is 5.02 Å². The fraction of sp³-hybridized carbons (Fsp3) is 0.533. The number of nitrogens with zero attached hydrogens (tertiary/aromatic N) is 2. The summed E-state index contributed by atoms with van der Waals surface area (Å²) < 4.78 is 10.7. The van der Waals surface area contributed by atoms with Crippen LogP contribution in [-0.2, 0) is 9.47 Å². The number of anilines is 1. The van der Waals surface area contributed by atoms with Crippen LogP contribution >= 0.6 is 11.6 Å². The van der Waals surface area contributed by atoms with Gasteiger partial charge in [-0.3, -0.25) is 9.69 Å². The Morgan fingerprint density at radius 2 is 2.17 bits per heavy atom. The van der Waals surface area contributed by atoms with Gasteiger partial charge in [0.15, 0.2) is 5.78 Å². The van der Waals surface area contributed by atoms with Crippen LogP contribution in [0, 0.1) is 0 Å². The summed E-state index contributed by atoms with van der Waals surface area (Å²) in [6.07, 6.45) is 0.796. The minimum Gasteiger partial charge on any atom is -0.444 e. The van der Waals surface area contributed by atoms with Gasteiger partial charge in [-0.05, 0) is 26.8 Å². The van der Waals surface area contributed by atoms with E-state index in [9.17, 15) is 9.59 Å². The van der Waals surface area contributed by atoms with Gasteiger partial charge in [-0.25, -0.2) is 9.78 Å². The summed E-state index contributed by atoms with van der Waals surface area (Å²) in [4.78, 5) is 30.3. The van der Waals surface area contributed by atoms with E-state index in [2.05, 4.69) is 4.98 Å². The quantitative estimate of drug-likeness (QED) is 0.828. The minimum atomic E-state index is -0.818. The van der Waals surface area contributed by atoms with Crippen LogP contribution in [0.4, 0.5) is 10.6 Å². The molecule has 1 aromatic heterocycles. The van der Waals surface area contributed by atoms with Gasteiger partial charge in [-0.1, -0.05) is 11.6 Å². The molecule has 8 heteroatoms. The van der Waals surface area contributed by atoms with Crippen molar-refractivity contribution in [1.29, 1.82) is 0 Å². The molecule has 0 radical (unpaired) electrons. The molecular weight excluding hydrogens is 322 g/mol. The van der Waals surface area contributed by atoms with Gasteiger partial charge in [-0.2, -0.15) is 0 Å². The minimum absolute atomic E-state index is 0.0640. The average molecular weight is 342 g/mol. The molecule has 2 N–H and O–H groups in total. The van der Waals surface area contributed by atoms with Gasteiger partial charge in [0.25, 0.3) is 0 Å². The second-order valence-electron chi connectivity index (χ2n) is 6.22. The normalized spacial score (nSPS) is 18.6. The second kappa shape index (κ2) is 6.72. The zero-order valence-electron chi connectivity index (χ0n) is 13.3. The van der Waals surface area contributed by atoms with Crippen LogP contribution in [0.5, 0.6) is 0 Å². The number of morpholine rings is 1. The van der Waals surface area contributed by atoms with E-state index in [1.807, 2.05) is 0 Å². The number of Topliss-reactive ketones (excluding diaryl/α,β-unsaturated/α-hetero) is 1. The van der Waals surface area contributed by atoms with Crippen LogP contribution in [0.15, 0.2) is 12.3 Å². The highest BCUT2D eigenvalue weighted by Gasteiger charge is 2.36. The number of amides is 1. The van der Waals surface area contributed by atoms with Gasteiger partial charge in [0, 0.05) is 12.7 Å². The number of ether oxygens (including phenoxy) is 2. The number of hydrogen-bond acceptors (Lipinski definition) is 6. The monoisotopic (exact) mass is 341 g/mol. The molecule has 1 saturated heterocycles. The number of nitrogen functional groups attached to an aromatic ring is 1. The summed E-state index contributed by atoms with van der Waals surface area (Å²) in [5, 5.41) is 0.295. The predicted molar refractivity (Wildman–Crippen MR) is 85.5 cm³/mol. The third-order valence-electron chi connectivity index (χ3n) is 3.21. The molecule has 1 aliphatic heterocycles. The number of aromatic nitrogens is 1. The molecule has 1 fully saturated rings. The molecule has 0 spiro atoms. The molecule has 1 aliphatic rings. The maximum atomic E-state index is 12.7. The highest BCUT2D eigenvalue weighted by molar-refractivity contribution is 6.31. The van der Waals surface area contributed by atoms with Crippen molar-refractivity contribution in [2.24, 2.45) is 0 Å². The van der Waals surface area contributed by atoms with Gasteiger partial charge in [0.05, 0.1) is 23.8 Å². The molecule has 7 nitrogen and oxygen atoms in total. The highest BCUT2D eigenvalue weighted by Crippen LogP contribution is 2.21. The Hall–Kier alpha value is -1.86. The predicted octanol–water partition coefficient (Wildman–Crippen LogP) is 2.14. The molecule has 1 unspecified atom stereocenters. The highest BCUT2D eigenvalue weighted by atomic mass is 35.5. The molecule has 1 atom stereocenters. The Balaban J connectivity index is 2.25. The molecule has 23 heavy (non-hydrogen) atoms. The molecule has 1 aromatic rings. The van der Waals surface area contributed by atoms with Crippen molar-refractivity contribution in [1.82, 2.24) is 9.88 Å². The van der Waals surface area contributed by atoms with Crippen LogP contribution in [-0.4, -0.2) is 53.2 Å². The number of rotatable bonds is 2. The van der Waals surface area contributed by atoms with Crippen LogP contribution in [0.1, 0.15) is 31.1 Å². The number of carbonyl (C=O) groups is 2. The Morgan fingerprint density at radius 1 is 1.48 bits per heavy atom. The van der Waals surface area contributed by atoms with Crippen LogP contribution in [0.25, 0.3) is 0 Å². The number of pyridine rings is 1. The first kappa shape index (κ1) is 17.5. The van der Waals surface area contributed by atoms with Crippen molar-refractivity contribution < 1.29 is 19.1 Å². The van der Waals surface area contributed by atoms with Crippen molar-refractivity contribution in [3.05, 3.63) is 22.8 Å².